The van der Waals surface area contributed by atoms with E-state index in [0.717, 1.165) is 42.4 Å². The first kappa shape index (κ1) is 21.1. The molecule has 3 aromatic rings. The standard InChI is InChI=1S/C22H25ClN7O2/c1-13-17(9-24)21(29(2)28-13)27-22-25-10-15-7-18(23)16(8-19(15)26-22)14-3-5-30(6-4-14)12-32-11-20(30)31/h7-8,10,14,20,31H,3-6,11-12H2,1-2H3,(H,25,26,27)/q+1. The van der Waals surface area contributed by atoms with Crippen molar-refractivity contribution in [3.8, 4) is 6.07 Å². The van der Waals surface area contributed by atoms with Crippen LogP contribution in [0.5, 0.6) is 0 Å². The fourth-order valence-electron chi connectivity index (χ4n) is 4.89. The summed E-state index contributed by atoms with van der Waals surface area (Å²) < 4.78 is 7.75. The Balaban J connectivity index is 1.42. The highest BCUT2D eigenvalue weighted by atomic mass is 35.5. The van der Waals surface area contributed by atoms with Crippen LogP contribution in [0, 0.1) is 18.3 Å². The molecule has 2 aliphatic heterocycles. The smallest absolute Gasteiger partial charge is 0.228 e. The molecule has 0 aliphatic carbocycles. The number of fused-ring (bicyclic) bond motifs is 1. The summed E-state index contributed by atoms with van der Waals surface area (Å²) in [6.07, 6.45) is 3.16. The predicted octanol–water partition coefficient (Wildman–Crippen LogP) is 2.94. The molecule has 2 N–H and O–H groups in total. The zero-order chi connectivity index (χ0) is 22.5. The number of aryl methyl sites for hydroxylation is 2. The number of benzene rings is 1. The number of aliphatic hydroxyl groups is 1. The van der Waals surface area contributed by atoms with Crippen molar-refractivity contribution < 1.29 is 14.3 Å². The van der Waals surface area contributed by atoms with Crippen molar-refractivity contribution in [3.63, 3.8) is 0 Å². The highest BCUT2D eigenvalue weighted by molar-refractivity contribution is 6.32. The van der Waals surface area contributed by atoms with Gasteiger partial charge in [0, 0.05) is 36.5 Å². The van der Waals surface area contributed by atoms with Crippen LogP contribution in [0.4, 0.5) is 11.8 Å². The Hall–Kier alpha value is -2.77. The number of hydrogen-bond donors (Lipinski definition) is 2. The van der Waals surface area contributed by atoms with Crippen molar-refractivity contribution >= 4 is 34.3 Å². The maximum absolute atomic E-state index is 10.3. The number of anilines is 2. The molecular formula is C22H25ClN7O2+. The van der Waals surface area contributed by atoms with Gasteiger partial charge < -0.3 is 15.2 Å². The number of piperidine rings is 1. The lowest BCUT2D eigenvalue weighted by molar-refractivity contribution is -0.969. The van der Waals surface area contributed by atoms with Crippen LogP contribution in [0.1, 0.15) is 35.6 Å². The number of aromatic nitrogens is 4. The summed E-state index contributed by atoms with van der Waals surface area (Å²) in [4.78, 5) is 9.07. The van der Waals surface area contributed by atoms with Crippen molar-refractivity contribution in [3.05, 3.63) is 40.2 Å². The average molecular weight is 455 g/mol. The van der Waals surface area contributed by atoms with Crippen molar-refractivity contribution in [1.82, 2.24) is 19.7 Å². The number of nitriles is 1. The van der Waals surface area contributed by atoms with E-state index >= 15 is 0 Å². The lowest BCUT2D eigenvalue weighted by Crippen LogP contribution is -2.56. The van der Waals surface area contributed by atoms with Gasteiger partial charge in [0.15, 0.2) is 6.73 Å². The van der Waals surface area contributed by atoms with E-state index in [1.807, 2.05) is 12.1 Å². The van der Waals surface area contributed by atoms with E-state index < -0.39 is 6.23 Å². The number of halogens is 1. The van der Waals surface area contributed by atoms with E-state index in [4.69, 9.17) is 16.3 Å². The Morgan fingerprint density at radius 2 is 2.12 bits per heavy atom. The van der Waals surface area contributed by atoms with E-state index in [-0.39, 0.29) is 0 Å². The van der Waals surface area contributed by atoms with Crippen LogP contribution in [0.15, 0.2) is 18.3 Å². The molecule has 0 bridgehead atoms. The van der Waals surface area contributed by atoms with Gasteiger partial charge in [-0.15, -0.1) is 0 Å². The predicted molar refractivity (Wildman–Crippen MR) is 119 cm³/mol. The molecule has 1 unspecified atom stereocenters. The molecule has 0 radical (unpaired) electrons. The Bertz CT molecular complexity index is 1230. The summed E-state index contributed by atoms with van der Waals surface area (Å²) in [5.41, 5.74) is 2.99. The second-order valence-electron chi connectivity index (χ2n) is 8.72. The van der Waals surface area contributed by atoms with Gasteiger partial charge in [-0.1, -0.05) is 11.6 Å². The van der Waals surface area contributed by atoms with E-state index in [1.54, 1.807) is 24.9 Å². The highest BCUT2D eigenvalue weighted by Gasteiger charge is 2.44. The van der Waals surface area contributed by atoms with Crippen molar-refractivity contribution in [2.75, 3.05) is 31.7 Å². The van der Waals surface area contributed by atoms with Gasteiger partial charge in [0.25, 0.3) is 0 Å². The van der Waals surface area contributed by atoms with Crippen LogP contribution in [-0.4, -0.2) is 62.0 Å². The molecule has 2 saturated heterocycles. The molecule has 0 saturated carbocycles. The van der Waals surface area contributed by atoms with E-state index in [1.165, 1.54) is 0 Å². The monoisotopic (exact) mass is 454 g/mol. The summed E-state index contributed by atoms with van der Waals surface area (Å²) in [6.45, 7) is 4.53. The maximum Gasteiger partial charge on any atom is 0.228 e. The highest BCUT2D eigenvalue weighted by Crippen LogP contribution is 2.39. The SMILES string of the molecule is Cc1nn(C)c(Nc2ncc3cc(Cl)c(C4CC[N+]5(CC4)COCC5O)cc3n2)c1C#N. The summed E-state index contributed by atoms with van der Waals surface area (Å²) in [6, 6.07) is 6.14. The first-order chi connectivity index (χ1) is 15.4. The molecule has 1 atom stereocenters. The topological polar surface area (TPSA) is 109 Å². The molecule has 0 amide bonds. The number of aliphatic hydroxyl groups excluding tert-OH is 1. The maximum atomic E-state index is 10.3. The molecule has 1 spiro atoms. The fourth-order valence-corrected chi connectivity index (χ4v) is 5.21. The molecule has 32 heavy (non-hydrogen) atoms. The Morgan fingerprint density at radius 1 is 1.34 bits per heavy atom. The van der Waals surface area contributed by atoms with Gasteiger partial charge >= 0.3 is 0 Å². The number of rotatable bonds is 3. The minimum absolute atomic E-state index is 0.305. The van der Waals surface area contributed by atoms with Crippen LogP contribution in [0.3, 0.4) is 0 Å². The third kappa shape index (κ3) is 3.49. The number of ether oxygens (including phenoxy) is 1. The lowest BCUT2D eigenvalue weighted by atomic mass is 9.87. The third-order valence-corrected chi connectivity index (χ3v) is 7.12. The van der Waals surface area contributed by atoms with Gasteiger partial charge in [0.1, 0.15) is 24.1 Å². The zero-order valence-electron chi connectivity index (χ0n) is 18.0. The van der Waals surface area contributed by atoms with E-state index in [0.29, 0.717) is 51.8 Å². The molecular weight excluding hydrogens is 430 g/mol. The van der Waals surface area contributed by atoms with Gasteiger partial charge in [-0.05, 0) is 30.5 Å². The van der Waals surface area contributed by atoms with Crippen molar-refractivity contribution in [2.24, 2.45) is 7.05 Å². The second-order valence-corrected chi connectivity index (χ2v) is 9.12. The summed E-state index contributed by atoms with van der Waals surface area (Å²) >= 11 is 6.65. The molecule has 1 aromatic carbocycles. The first-order valence-corrected chi connectivity index (χ1v) is 11.1. The minimum atomic E-state index is -0.432. The molecule has 5 rings (SSSR count). The van der Waals surface area contributed by atoms with Crippen molar-refractivity contribution in [2.45, 2.75) is 31.9 Å². The Morgan fingerprint density at radius 3 is 2.81 bits per heavy atom. The van der Waals surface area contributed by atoms with Crippen LogP contribution in [0.2, 0.25) is 5.02 Å². The van der Waals surface area contributed by atoms with Gasteiger partial charge in [-0.25, -0.2) is 9.97 Å². The average Bonchev–Trinajstić information content (AvgIpc) is 3.26. The molecule has 2 aliphatic rings. The van der Waals surface area contributed by atoms with E-state index in [2.05, 4.69) is 26.5 Å². The summed E-state index contributed by atoms with van der Waals surface area (Å²) in [5, 5.41) is 28.8. The van der Waals surface area contributed by atoms with Crippen molar-refractivity contribution in [1.29, 1.82) is 5.26 Å². The molecule has 10 heteroatoms. The van der Waals surface area contributed by atoms with Gasteiger partial charge in [-0.3, -0.25) is 9.16 Å². The zero-order valence-corrected chi connectivity index (χ0v) is 18.8. The molecule has 9 nitrogen and oxygen atoms in total. The quantitative estimate of drug-likeness (QED) is 0.585. The first-order valence-electron chi connectivity index (χ1n) is 10.7. The fraction of sp³-hybridized carbons (Fsp3) is 0.455. The van der Waals surface area contributed by atoms with Gasteiger partial charge in [-0.2, -0.15) is 10.4 Å². The minimum Gasteiger partial charge on any atom is -0.343 e. The van der Waals surface area contributed by atoms with Crippen LogP contribution in [-0.2, 0) is 11.8 Å². The Kier molecular flexibility index (Phi) is 5.26. The van der Waals surface area contributed by atoms with E-state index in [9.17, 15) is 10.4 Å². The van der Waals surface area contributed by atoms with Crippen LogP contribution in [0.25, 0.3) is 10.9 Å². The normalized spacial score (nSPS) is 25.3. The second kappa shape index (κ2) is 7.98. The molecule has 2 fully saturated rings. The van der Waals surface area contributed by atoms with Gasteiger partial charge in [0.2, 0.25) is 12.2 Å². The number of nitrogens with zero attached hydrogens (tertiary/aromatic N) is 6. The number of quaternary nitrogens is 1. The largest absolute Gasteiger partial charge is 0.343 e. The molecule has 166 valence electrons. The number of nitrogens with one attached hydrogen (secondary N) is 1. The molecule has 2 aromatic heterocycles. The van der Waals surface area contributed by atoms with Crippen LogP contribution < -0.4 is 5.32 Å². The summed E-state index contributed by atoms with van der Waals surface area (Å²) in [5.74, 6) is 1.27. The number of hydrogen-bond acceptors (Lipinski definition) is 7. The molecule has 4 heterocycles. The third-order valence-electron chi connectivity index (χ3n) is 6.80. The van der Waals surface area contributed by atoms with Crippen LogP contribution >= 0.6 is 11.6 Å². The Labute approximate surface area is 190 Å². The van der Waals surface area contributed by atoms with Gasteiger partial charge in [0.05, 0.1) is 24.3 Å². The lowest BCUT2D eigenvalue weighted by Gasteiger charge is -2.41. The summed E-state index contributed by atoms with van der Waals surface area (Å²) in [7, 11) is 1.77.